The summed E-state index contributed by atoms with van der Waals surface area (Å²) >= 11 is 6.23. The topological polar surface area (TPSA) is 46.6 Å². The fourth-order valence-electron chi connectivity index (χ4n) is 2.79. The number of hydrogen-bond donors (Lipinski definition) is 0. The van der Waals surface area contributed by atoms with Gasteiger partial charge in [-0.1, -0.05) is 36.7 Å². The van der Waals surface area contributed by atoms with Gasteiger partial charge in [-0.25, -0.2) is 4.90 Å². The van der Waals surface area contributed by atoms with Crippen molar-refractivity contribution in [1.82, 2.24) is 0 Å². The molecule has 3 rings (SSSR count). The summed E-state index contributed by atoms with van der Waals surface area (Å²) in [7, 11) is 0. The Labute approximate surface area is 158 Å². The van der Waals surface area contributed by atoms with Gasteiger partial charge in [0.2, 0.25) is 0 Å². The SMILES string of the molecule is CCCOc1ccc(C2=C(Cl)C(=O)N(c3ccc(C)c(C)c3)C2=O)cc1. The molecule has 0 spiro atoms. The fraction of sp³-hybridized carbons (Fsp3) is 0.238. The van der Waals surface area contributed by atoms with Crippen LogP contribution in [-0.4, -0.2) is 18.4 Å². The van der Waals surface area contributed by atoms with Crippen molar-refractivity contribution in [2.45, 2.75) is 27.2 Å². The second kappa shape index (κ2) is 7.34. The largest absolute Gasteiger partial charge is 0.494 e. The van der Waals surface area contributed by atoms with E-state index in [0.29, 0.717) is 17.9 Å². The first-order chi connectivity index (χ1) is 12.4. The molecule has 0 aromatic heterocycles. The van der Waals surface area contributed by atoms with Gasteiger partial charge in [0.15, 0.2) is 0 Å². The smallest absolute Gasteiger partial charge is 0.277 e. The molecule has 0 aliphatic carbocycles. The highest BCUT2D eigenvalue weighted by Gasteiger charge is 2.39. The molecule has 1 aliphatic heterocycles. The van der Waals surface area contributed by atoms with Gasteiger partial charge in [-0.15, -0.1) is 0 Å². The molecule has 0 bridgehead atoms. The average molecular weight is 370 g/mol. The molecule has 0 radical (unpaired) electrons. The Balaban J connectivity index is 1.92. The predicted molar refractivity (Wildman–Crippen MR) is 103 cm³/mol. The number of anilines is 1. The normalized spacial score (nSPS) is 14.4. The molecule has 4 nitrogen and oxygen atoms in total. The van der Waals surface area contributed by atoms with Gasteiger partial charge in [-0.2, -0.15) is 0 Å². The third-order valence-electron chi connectivity index (χ3n) is 4.39. The van der Waals surface area contributed by atoms with Crippen molar-refractivity contribution in [2.75, 3.05) is 11.5 Å². The zero-order valence-electron chi connectivity index (χ0n) is 15.0. The van der Waals surface area contributed by atoms with Crippen molar-refractivity contribution in [3.05, 3.63) is 64.2 Å². The lowest BCUT2D eigenvalue weighted by Gasteiger charge is -2.16. The summed E-state index contributed by atoms with van der Waals surface area (Å²) in [5.74, 6) is -0.193. The molecule has 2 aromatic rings. The Hall–Kier alpha value is -2.59. The molecule has 26 heavy (non-hydrogen) atoms. The van der Waals surface area contributed by atoms with Crippen LogP contribution in [0.1, 0.15) is 30.0 Å². The first kappa shape index (κ1) is 18.2. The van der Waals surface area contributed by atoms with Crippen LogP contribution in [0.15, 0.2) is 47.5 Å². The molecule has 0 saturated heterocycles. The fourth-order valence-corrected chi connectivity index (χ4v) is 3.06. The van der Waals surface area contributed by atoms with E-state index < -0.39 is 11.8 Å². The number of halogens is 1. The summed E-state index contributed by atoms with van der Waals surface area (Å²) in [5, 5.41) is -0.0598. The summed E-state index contributed by atoms with van der Waals surface area (Å²) in [6.45, 7) is 6.57. The summed E-state index contributed by atoms with van der Waals surface area (Å²) < 4.78 is 5.55. The first-order valence-corrected chi connectivity index (χ1v) is 8.91. The van der Waals surface area contributed by atoms with E-state index in [1.807, 2.05) is 32.9 Å². The number of aryl methyl sites for hydroxylation is 2. The van der Waals surface area contributed by atoms with Gasteiger partial charge < -0.3 is 4.74 Å². The van der Waals surface area contributed by atoms with Crippen LogP contribution in [0.5, 0.6) is 5.75 Å². The molecule has 0 N–H and O–H groups in total. The first-order valence-electron chi connectivity index (χ1n) is 8.53. The van der Waals surface area contributed by atoms with E-state index in [2.05, 4.69) is 0 Å². The zero-order chi connectivity index (χ0) is 18.8. The van der Waals surface area contributed by atoms with Crippen LogP contribution in [0.25, 0.3) is 5.57 Å². The van der Waals surface area contributed by atoms with Crippen LogP contribution < -0.4 is 9.64 Å². The van der Waals surface area contributed by atoms with Gasteiger partial charge in [0.1, 0.15) is 10.8 Å². The van der Waals surface area contributed by atoms with E-state index in [9.17, 15) is 9.59 Å². The Morgan fingerprint density at radius 1 is 0.962 bits per heavy atom. The van der Waals surface area contributed by atoms with Crippen molar-refractivity contribution in [1.29, 1.82) is 0 Å². The number of carbonyl (C=O) groups excluding carboxylic acids is 2. The lowest BCUT2D eigenvalue weighted by Crippen LogP contribution is -2.31. The van der Waals surface area contributed by atoms with Crippen LogP contribution in [0.2, 0.25) is 0 Å². The second-order valence-electron chi connectivity index (χ2n) is 6.28. The molecule has 5 heteroatoms. The van der Waals surface area contributed by atoms with Gasteiger partial charge in [0, 0.05) is 0 Å². The van der Waals surface area contributed by atoms with Crippen molar-refractivity contribution in [3.63, 3.8) is 0 Å². The minimum Gasteiger partial charge on any atom is -0.494 e. The molecule has 0 fully saturated rings. The highest BCUT2D eigenvalue weighted by atomic mass is 35.5. The number of amides is 2. The van der Waals surface area contributed by atoms with Crippen molar-refractivity contribution >= 4 is 34.7 Å². The van der Waals surface area contributed by atoms with E-state index >= 15 is 0 Å². The summed E-state index contributed by atoms with van der Waals surface area (Å²) in [5.41, 5.74) is 3.44. The number of carbonyl (C=O) groups is 2. The van der Waals surface area contributed by atoms with Crippen LogP contribution in [0.3, 0.4) is 0 Å². The van der Waals surface area contributed by atoms with Gasteiger partial charge >= 0.3 is 0 Å². The van der Waals surface area contributed by atoms with Gasteiger partial charge in [-0.3, -0.25) is 9.59 Å². The number of benzene rings is 2. The average Bonchev–Trinajstić information content (AvgIpc) is 2.85. The highest BCUT2D eigenvalue weighted by Crippen LogP contribution is 2.35. The van der Waals surface area contributed by atoms with E-state index in [-0.39, 0.29) is 10.6 Å². The van der Waals surface area contributed by atoms with E-state index in [1.54, 1.807) is 30.3 Å². The van der Waals surface area contributed by atoms with E-state index in [1.165, 1.54) is 0 Å². The van der Waals surface area contributed by atoms with Crippen molar-refractivity contribution in [2.24, 2.45) is 0 Å². The van der Waals surface area contributed by atoms with Crippen molar-refractivity contribution in [3.8, 4) is 5.75 Å². The molecular weight excluding hydrogens is 350 g/mol. The molecule has 0 atom stereocenters. The number of rotatable bonds is 5. The van der Waals surface area contributed by atoms with Crippen LogP contribution in [0, 0.1) is 13.8 Å². The minimum absolute atomic E-state index is 0.0598. The maximum absolute atomic E-state index is 12.9. The van der Waals surface area contributed by atoms with Crippen LogP contribution in [0.4, 0.5) is 5.69 Å². The van der Waals surface area contributed by atoms with E-state index in [4.69, 9.17) is 16.3 Å². The van der Waals surface area contributed by atoms with Crippen LogP contribution >= 0.6 is 11.6 Å². The third-order valence-corrected chi connectivity index (χ3v) is 4.74. The van der Waals surface area contributed by atoms with E-state index in [0.717, 1.165) is 28.2 Å². The maximum atomic E-state index is 12.9. The quantitative estimate of drug-likeness (QED) is 0.723. The van der Waals surface area contributed by atoms with Crippen molar-refractivity contribution < 1.29 is 14.3 Å². The maximum Gasteiger partial charge on any atom is 0.277 e. The summed E-state index contributed by atoms with van der Waals surface area (Å²) in [4.78, 5) is 26.6. The molecule has 134 valence electrons. The zero-order valence-corrected chi connectivity index (χ0v) is 15.8. The summed E-state index contributed by atoms with van der Waals surface area (Å²) in [6.07, 6.45) is 0.913. The lowest BCUT2D eigenvalue weighted by molar-refractivity contribution is -0.119. The standard InChI is InChI=1S/C21H20ClNO3/c1-4-11-26-17-9-6-15(7-10-17)18-19(22)21(25)23(20(18)24)16-8-5-13(2)14(3)12-16/h5-10,12H,4,11H2,1-3H3. The molecule has 2 aromatic carbocycles. The molecule has 0 unspecified atom stereocenters. The monoisotopic (exact) mass is 369 g/mol. The van der Waals surface area contributed by atoms with Crippen LogP contribution in [-0.2, 0) is 9.59 Å². The molecule has 2 amide bonds. The Morgan fingerprint density at radius 2 is 1.65 bits per heavy atom. The summed E-state index contributed by atoms with van der Waals surface area (Å²) in [6, 6.07) is 12.5. The third kappa shape index (κ3) is 3.25. The molecule has 1 heterocycles. The Bertz CT molecular complexity index is 900. The number of ether oxygens (including phenoxy) is 1. The number of imide groups is 1. The number of hydrogen-bond acceptors (Lipinski definition) is 3. The highest BCUT2D eigenvalue weighted by molar-refractivity contribution is 6.60. The predicted octanol–water partition coefficient (Wildman–Crippen LogP) is 4.62. The Kier molecular flexibility index (Phi) is 5.14. The second-order valence-corrected chi connectivity index (χ2v) is 6.65. The lowest BCUT2D eigenvalue weighted by atomic mass is 10.1. The molecule has 1 aliphatic rings. The van der Waals surface area contributed by atoms with Gasteiger partial charge in [0.25, 0.3) is 11.8 Å². The van der Waals surface area contributed by atoms with Gasteiger partial charge in [0.05, 0.1) is 17.9 Å². The van der Waals surface area contributed by atoms with Gasteiger partial charge in [-0.05, 0) is 61.2 Å². The number of nitrogens with zero attached hydrogens (tertiary/aromatic N) is 1. The minimum atomic E-state index is -0.499. The Morgan fingerprint density at radius 3 is 2.27 bits per heavy atom. The molecule has 0 saturated carbocycles. The molecular formula is C21H20ClNO3.